The summed E-state index contributed by atoms with van der Waals surface area (Å²) in [5.74, 6) is -0.397. The molecule has 0 unspecified atom stereocenters. The van der Waals surface area contributed by atoms with Gasteiger partial charge in [-0.2, -0.15) is 0 Å². The van der Waals surface area contributed by atoms with Crippen LogP contribution in [0.4, 0.5) is 4.79 Å². The number of hydrogen-bond donors (Lipinski definition) is 1. The zero-order valence-electron chi connectivity index (χ0n) is 13.3. The second-order valence-corrected chi connectivity index (χ2v) is 5.28. The van der Waals surface area contributed by atoms with Crippen molar-refractivity contribution in [3.05, 3.63) is 29.6 Å². The molecule has 1 amide bonds. The number of nitrogens with one attached hydrogen (secondary N) is 1. The fraction of sp³-hybridized carbons (Fsp3) is 0.400. The molecular formula is C15H20N2O5. The fourth-order valence-corrected chi connectivity index (χ4v) is 1.51. The van der Waals surface area contributed by atoms with Gasteiger partial charge in [-0.25, -0.2) is 14.6 Å². The second-order valence-electron chi connectivity index (χ2n) is 5.28. The van der Waals surface area contributed by atoms with Crippen LogP contribution in [0.15, 0.2) is 24.0 Å². The number of carbonyl (C=O) groups excluding carboxylic acids is 2. The zero-order valence-corrected chi connectivity index (χ0v) is 13.3. The monoisotopic (exact) mass is 308 g/mol. The predicted molar refractivity (Wildman–Crippen MR) is 80.2 cm³/mol. The van der Waals surface area contributed by atoms with Crippen LogP contribution in [0.25, 0.3) is 6.08 Å². The molecule has 0 atom stereocenters. The lowest BCUT2D eigenvalue weighted by atomic mass is 10.2. The highest BCUT2D eigenvalue weighted by Crippen LogP contribution is 2.17. The van der Waals surface area contributed by atoms with Gasteiger partial charge in [0.2, 0.25) is 5.88 Å². The third kappa shape index (κ3) is 5.43. The predicted octanol–water partition coefficient (Wildman–Crippen LogP) is 2.13. The van der Waals surface area contributed by atoms with Crippen molar-refractivity contribution >= 4 is 18.1 Å². The number of amides is 1. The summed E-state index contributed by atoms with van der Waals surface area (Å²) >= 11 is 0. The number of nitrogens with zero attached hydrogens (tertiary/aromatic N) is 1. The molecule has 0 spiro atoms. The molecule has 7 heteroatoms. The molecular weight excluding hydrogens is 288 g/mol. The summed E-state index contributed by atoms with van der Waals surface area (Å²) in [5, 5.41) is 2.37. The molecule has 0 aliphatic rings. The largest absolute Gasteiger partial charge is 0.481 e. The van der Waals surface area contributed by atoms with Crippen LogP contribution in [0.5, 0.6) is 5.88 Å². The molecule has 0 bridgehead atoms. The highest BCUT2D eigenvalue weighted by molar-refractivity contribution is 5.97. The number of carbonyl (C=O) groups is 2. The number of hydrogen-bond acceptors (Lipinski definition) is 6. The van der Waals surface area contributed by atoms with Gasteiger partial charge in [-0.3, -0.25) is 5.32 Å². The Morgan fingerprint density at radius 2 is 1.95 bits per heavy atom. The molecule has 1 N–H and O–H groups in total. The lowest BCUT2D eigenvalue weighted by Crippen LogP contribution is -2.34. The van der Waals surface area contributed by atoms with Gasteiger partial charge >= 0.3 is 12.1 Å². The molecule has 0 radical (unpaired) electrons. The van der Waals surface area contributed by atoms with E-state index < -0.39 is 17.7 Å². The minimum Gasteiger partial charge on any atom is -0.481 e. The Labute approximate surface area is 129 Å². The molecule has 0 saturated heterocycles. The number of pyridine rings is 1. The first kappa shape index (κ1) is 17.5. The fourth-order valence-electron chi connectivity index (χ4n) is 1.51. The maximum atomic E-state index is 11.8. The van der Waals surface area contributed by atoms with Crippen molar-refractivity contribution < 1.29 is 23.8 Å². The quantitative estimate of drug-likeness (QED) is 0.677. The van der Waals surface area contributed by atoms with Crippen LogP contribution in [-0.2, 0) is 14.3 Å². The molecule has 0 aliphatic heterocycles. The van der Waals surface area contributed by atoms with Gasteiger partial charge in [-0.05, 0) is 39.0 Å². The van der Waals surface area contributed by atoms with Crippen LogP contribution >= 0.6 is 0 Å². The molecule has 0 fully saturated rings. The van der Waals surface area contributed by atoms with E-state index in [-0.39, 0.29) is 5.70 Å². The molecule has 22 heavy (non-hydrogen) atoms. The number of methoxy groups -OCH3 is 2. The van der Waals surface area contributed by atoms with Crippen LogP contribution < -0.4 is 10.1 Å². The Hall–Kier alpha value is -2.57. The van der Waals surface area contributed by atoms with Crippen molar-refractivity contribution in [1.82, 2.24) is 10.3 Å². The van der Waals surface area contributed by atoms with Crippen LogP contribution in [-0.4, -0.2) is 36.9 Å². The van der Waals surface area contributed by atoms with Gasteiger partial charge in [0.15, 0.2) is 0 Å². The molecule has 1 rings (SSSR count). The number of aromatic nitrogens is 1. The Bertz CT molecular complexity index is 576. The first-order chi connectivity index (χ1) is 10.3. The van der Waals surface area contributed by atoms with Gasteiger partial charge < -0.3 is 14.2 Å². The van der Waals surface area contributed by atoms with Crippen molar-refractivity contribution in [3.63, 3.8) is 0 Å². The van der Waals surface area contributed by atoms with Crippen LogP contribution in [0.1, 0.15) is 26.3 Å². The van der Waals surface area contributed by atoms with Crippen LogP contribution in [0.2, 0.25) is 0 Å². The van der Waals surface area contributed by atoms with Crippen molar-refractivity contribution in [2.45, 2.75) is 26.4 Å². The minimum absolute atomic E-state index is 0.0805. The summed E-state index contributed by atoms with van der Waals surface area (Å²) in [6.45, 7) is 5.16. The summed E-state index contributed by atoms with van der Waals surface area (Å²) in [5.41, 5.74) is -0.248. The summed E-state index contributed by atoms with van der Waals surface area (Å²) in [6, 6.07) is 3.36. The van der Waals surface area contributed by atoms with Gasteiger partial charge in [0.05, 0.1) is 14.2 Å². The molecule has 0 aliphatic carbocycles. The maximum absolute atomic E-state index is 11.8. The smallest absolute Gasteiger partial charge is 0.412 e. The molecule has 1 aromatic heterocycles. The lowest BCUT2D eigenvalue weighted by molar-refractivity contribution is -0.136. The van der Waals surface area contributed by atoms with Gasteiger partial charge in [0.1, 0.15) is 11.3 Å². The Kier molecular flexibility index (Phi) is 5.91. The van der Waals surface area contributed by atoms with E-state index in [1.165, 1.54) is 20.3 Å². The molecule has 120 valence electrons. The number of alkyl carbamates (subject to hydrolysis) is 1. The first-order valence-corrected chi connectivity index (χ1v) is 6.56. The second kappa shape index (κ2) is 7.44. The summed E-state index contributed by atoms with van der Waals surface area (Å²) in [6.07, 6.45) is 2.20. The molecule has 0 aromatic carbocycles. The summed E-state index contributed by atoms with van der Waals surface area (Å²) in [4.78, 5) is 27.6. The number of esters is 1. The third-order valence-corrected chi connectivity index (χ3v) is 2.33. The van der Waals surface area contributed by atoms with Crippen molar-refractivity contribution in [3.8, 4) is 5.88 Å². The van der Waals surface area contributed by atoms with Crippen molar-refractivity contribution in [2.24, 2.45) is 0 Å². The van der Waals surface area contributed by atoms with Gasteiger partial charge in [-0.1, -0.05) is 0 Å². The van der Waals surface area contributed by atoms with Crippen LogP contribution in [0.3, 0.4) is 0 Å². The summed E-state index contributed by atoms with van der Waals surface area (Å²) in [7, 11) is 2.67. The van der Waals surface area contributed by atoms with E-state index >= 15 is 0 Å². The van der Waals surface area contributed by atoms with Crippen molar-refractivity contribution in [1.29, 1.82) is 0 Å². The molecule has 1 heterocycles. The normalized spacial score (nSPS) is 11.6. The third-order valence-electron chi connectivity index (χ3n) is 2.33. The van der Waals surface area contributed by atoms with Crippen molar-refractivity contribution in [2.75, 3.05) is 14.2 Å². The van der Waals surface area contributed by atoms with Gasteiger partial charge in [0, 0.05) is 11.8 Å². The van der Waals surface area contributed by atoms with Gasteiger partial charge in [-0.15, -0.1) is 0 Å². The maximum Gasteiger partial charge on any atom is 0.412 e. The zero-order chi connectivity index (χ0) is 16.8. The van der Waals surface area contributed by atoms with E-state index in [1.54, 1.807) is 39.1 Å². The summed E-state index contributed by atoms with van der Waals surface area (Å²) < 4.78 is 14.9. The number of ether oxygens (including phenoxy) is 3. The Morgan fingerprint density at radius 3 is 2.50 bits per heavy atom. The first-order valence-electron chi connectivity index (χ1n) is 6.56. The number of rotatable bonds is 4. The minimum atomic E-state index is -0.757. The topological polar surface area (TPSA) is 86.8 Å². The average Bonchev–Trinajstić information content (AvgIpc) is 2.44. The van der Waals surface area contributed by atoms with E-state index in [0.29, 0.717) is 11.4 Å². The highest BCUT2D eigenvalue weighted by atomic mass is 16.6. The lowest BCUT2D eigenvalue weighted by Gasteiger charge is -2.20. The average molecular weight is 308 g/mol. The highest BCUT2D eigenvalue weighted by Gasteiger charge is 2.20. The standard InChI is InChI=1S/C15H20N2O5/c1-15(2,3)22-14(19)17-11(13(18)21-5)9-10-7-6-8-16-12(10)20-4/h6-9H,1-5H3,(H,17,19)/b11-9-. The Morgan fingerprint density at radius 1 is 1.27 bits per heavy atom. The SMILES string of the molecule is COC(=O)/C(=C/c1cccnc1OC)NC(=O)OC(C)(C)C. The van der Waals surface area contributed by atoms with E-state index in [4.69, 9.17) is 9.47 Å². The van der Waals surface area contributed by atoms with E-state index in [0.717, 1.165) is 0 Å². The van der Waals surface area contributed by atoms with Gasteiger partial charge in [0.25, 0.3) is 0 Å². The van der Waals surface area contributed by atoms with Crippen LogP contribution in [0, 0.1) is 0 Å². The molecule has 7 nitrogen and oxygen atoms in total. The van der Waals surface area contributed by atoms with E-state index in [2.05, 4.69) is 15.0 Å². The van der Waals surface area contributed by atoms with E-state index in [9.17, 15) is 9.59 Å². The van der Waals surface area contributed by atoms with E-state index in [1.807, 2.05) is 0 Å². The molecule has 1 aromatic rings. The molecule has 0 saturated carbocycles. The Balaban J connectivity index is 3.05.